The summed E-state index contributed by atoms with van der Waals surface area (Å²) >= 11 is 3.83. The fraction of sp³-hybridized carbons (Fsp3) is 0.0625. The Labute approximate surface area is 149 Å². The summed E-state index contributed by atoms with van der Waals surface area (Å²) in [5.41, 5.74) is -0.283. The lowest BCUT2D eigenvalue weighted by atomic mass is 10.2. The summed E-state index contributed by atoms with van der Waals surface area (Å²) in [6.07, 6.45) is -1.49. The molecular formula is C16H11ClF3N3OS. The zero-order valence-corrected chi connectivity index (χ0v) is 14.0. The Morgan fingerprint density at radius 2 is 1.76 bits per heavy atom. The highest BCUT2D eigenvalue weighted by atomic mass is 35.5. The molecule has 0 bridgehead atoms. The molecule has 1 heterocycles. The summed E-state index contributed by atoms with van der Waals surface area (Å²) in [5, 5.41) is 2.62. The fourth-order valence-corrected chi connectivity index (χ4v) is 3.41. The number of H-pyrrole nitrogens is 1. The van der Waals surface area contributed by atoms with Gasteiger partial charge in [-0.05, 0) is 36.4 Å². The van der Waals surface area contributed by atoms with Crippen LogP contribution >= 0.6 is 11.6 Å². The number of aromatic nitrogens is 2. The maximum atomic E-state index is 12.9. The van der Waals surface area contributed by atoms with Gasteiger partial charge in [-0.2, -0.15) is 13.2 Å². The first-order valence-electron chi connectivity index (χ1n) is 6.98. The molecule has 0 aliphatic carbocycles. The lowest BCUT2D eigenvalue weighted by molar-refractivity contribution is -0.137. The molecule has 0 fully saturated rings. The molecule has 0 spiro atoms. The number of nitrogens with zero attached hydrogens (tertiary/aromatic N) is 1. The second-order valence-corrected chi connectivity index (χ2v) is 6.91. The Kier molecular flexibility index (Phi) is 4.94. The smallest absolute Gasteiger partial charge is 0.418 e. The fourth-order valence-electron chi connectivity index (χ4n) is 2.11. The van der Waals surface area contributed by atoms with Crippen molar-refractivity contribution in [2.24, 2.45) is 0 Å². The lowest BCUT2D eigenvalue weighted by Gasteiger charge is -2.14. The van der Waals surface area contributed by atoms with Crippen LogP contribution in [0.3, 0.4) is 0 Å². The summed E-state index contributed by atoms with van der Waals surface area (Å²) in [4.78, 5) is 7.16. The van der Waals surface area contributed by atoms with Gasteiger partial charge in [-0.15, -0.1) is 0 Å². The van der Waals surface area contributed by atoms with E-state index in [1.165, 1.54) is 12.4 Å². The summed E-state index contributed by atoms with van der Waals surface area (Å²) in [6.45, 7) is 0. The van der Waals surface area contributed by atoms with Gasteiger partial charge in [-0.3, -0.25) is 0 Å². The van der Waals surface area contributed by atoms with Gasteiger partial charge >= 0.3 is 6.18 Å². The highest BCUT2D eigenvalue weighted by Crippen LogP contribution is 2.37. The summed E-state index contributed by atoms with van der Waals surface area (Å²) < 4.78 is 51.3. The Balaban J connectivity index is 1.82. The molecule has 0 saturated carbocycles. The number of nitrogens with one attached hydrogen (secondary N) is 2. The zero-order valence-electron chi connectivity index (χ0n) is 12.5. The minimum absolute atomic E-state index is 0.0333. The van der Waals surface area contributed by atoms with E-state index in [9.17, 15) is 17.7 Å². The van der Waals surface area contributed by atoms with Crippen LogP contribution in [-0.2, 0) is 17.4 Å². The molecular weight excluding hydrogens is 375 g/mol. The number of benzene rings is 2. The molecule has 2 N–H and O–H groups in total. The van der Waals surface area contributed by atoms with Crippen LogP contribution in [0.15, 0.2) is 64.8 Å². The molecule has 25 heavy (non-hydrogen) atoms. The number of aromatic amines is 1. The molecule has 9 heteroatoms. The number of rotatable bonds is 4. The molecule has 0 saturated heterocycles. The first kappa shape index (κ1) is 17.7. The second-order valence-electron chi connectivity index (χ2n) is 5.02. The van der Waals surface area contributed by atoms with Crippen molar-refractivity contribution in [3.63, 3.8) is 0 Å². The number of anilines is 2. The molecule has 0 radical (unpaired) electrons. The minimum atomic E-state index is -4.60. The molecule has 0 amide bonds. The van der Waals surface area contributed by atoms with Crippen LogP contribution in [0.25, 0.3) is 0 Å². The molecule has 1 aromatic heterocycles. The van der Waals surface area contributed by atoms with Crippen LogP contribution in [0, 0.1) is 0 Å². The Morgan fingerprint density at radius 3 is 2.36 bits per heavy atom. The van der Waals surface area contributed by atoms with Crippen LogP contribution in [0.4, 0.5) is 24.7 Å². The average Bonchev–Trinajstić information content (AvgIpc) is 3.07. The second kappa shape index (κ2) is 6.99. The van der Waals surface area contributed by atoms with E-state index in [0.29, 0.717) is 10.7 Å². The van der Waals surface area contributed by atoms with Crippen molar-refractivity contribution >= 4 is 34.3 Å². The van der Waals surface area contributed by atoms with Crippen molar-refractivity contribution in [3.05, 3.63) is 65.6 Å². The predicted molar refractivity (Wildman–Crippen MR) is 89.4 cm³/mol. The van der Waals surface area contributed by atoms with Crippen molar-refractivity contribution in [1.29, 1.82) is 0 Å². The molecule has 0 aliphatic rings. The van der Waals surface area contributed by atoms with Crippen molar-refractivity contribution in [1.82, 2.24) is 9.97 Å². The van der Waals surface area contributed by atoms with Gasteiger partial charge in [-0.25, -0.2) is 4.98 Å². The summed E-state index contributed by atoms with van der Waals surface area (Å²) in [5.74, 6) is 0.682. The summed E-state index contributed by atoms with van der Waals surface area (Å²) in [6, 6.07) is 9.75. The topological polar surface area (TPSA) is 63.8 Å². The molecule has 2 aromatic carbocycles. The van der Waals surface area contributed by atoms with Crippen molar-refractivity contribution < 1.29 is 17.7 Å². The van der Waals surface area contributed by atoms with Crippen molar-refractivity contribution in [2.45, 2.75) is 16.0 Å². The normalized spacial score (nSPS) is 12.8. The zero-order chi connectivity index (χ0) is 18.0. The Bertz CT molecular complexity index is 854. The van der Waals surface area contributed by atoms with Crippen LogP contribution in [0.5, 0.6) is 0 Å². The monoisotopic (exact) mass is 385 g/mol. The molecule has 0 aliphatic heterocycles. The molecule has 4 nitrogen and oxygen atoms in total. The predicted octanol–water partition coefficient (Wildman–Crippen LogP) is 4.99. The van der Waals surface area contributed by atoms with E-state index >= 15 is 0 Å². The number of hydrogen-bond acceptors (Lipinski definition) is 3. The van der Waals surface area contributed by atoms with E-state index in [0.717, 1.165) is 17.8 Å². The third-order valence-corrected chi connectivity index (χ3v) is 5.01. The number of hydrogen-bond donors (Lipinski definition) is 2. The van der Waals surface area contributed by atoms with Gasteiger partial charge in [0.2, 0.25) is 0 Å². The quantitative estimate of drug-likeness (QED) is 0.622. The largest absolute Gasteiger partial charge is 0.606 e. The van der Waals surface area contributed by atoms with Gasteiger partial charge in [0.25, 0.3) is 0 Å². The lowest BCUT2D eigenvalue weighted by Crippen LogP contribution is -2.09. The van der Waals surface area contributed by atoms with E-state index in [2.05, 4.69) is 15.3 Å². The molecule has 3 aromatic rings. The van der Waals surface area contributed by atoms with Gasteiger partial charge in [0.05, 0.1) is 23.1 Å². The number of halogens is 4. The molecule has 1 atom stereocenters. The van der Waals surface area contributed by atoms with Crippen LogP contribution in [0.1, 0.15) is 5.56 Å². The third-order valence-electron chi connectivity index (χ3n) is 3.30. The SMILES string of the molecule is [O-][S+](c1ccc(Nc2cnc[nH]2)cc1)c1ccc(Cl)c(C(F)(F)F)c1. The van der Waals surface area contributed by atoms with Gasteiger partial charge in [0.15, 0.2) is 9.79 Å². The maximum Gasteiger partial charge on any atom is 0.418 e. The van der Waals surface area contributed by atoms with Crippen molar-refractivity contribution in [3.8, 4) is 0 Å². The first-order valence-corrected chi connectivity index (χ1v) is 8.51. The van der Waals surface area contributed by atoms with Crippen LogP contribution < -0.4 is 5.32 Å². The van der Waals surface area contributed by atoms with Gasteiger partial charge in [-0.1, -0.05) is 11.6 Å². The van der Waals surface area contributed by atoms with Gasteiger partial charge in [0.1, 0.15) is 5.82 Å². The average molecular weight is 386 g/mol. The van der Waals surface area contributed by atoms with E-state index in [-0.39, 0.29) is 4.90 Å². The standard InChI is InChI=1S/C16H11ClF3N3OS/c17-14-6-5-12(7-13(14)16(18,19)20)25(24)11-3-1-10(2-4-11)23-15-8-21-9-22-15/h1-9,23H,(H,21,22). The number of imidazole rings is 1. The van der Waals surface area contributed by atoms with E-state index < -0.39 is 27.9 Å². The van der Waals surface area contributed by atoms with Crippen molar-refractivity contribution in [2.75, 3.05) is 5.32 Å². The Hall–Kier alpha value is -2.16. The Morgan fingerprint density at radius 1 is 1.08 bits per heavy atom. The van der Waals surface area contributed by atoms with E-state index in [4.69, 9.17) is 11.6 Å². The van der Waals surface area contributed by atoms with Gasteiger partial charge in [0, 0.05) is 22.9 Å². The van der Waals surface area contributed by atoms with E-state index in [1.807, 2.05) is 0 Å². The highest BCUT2D eigenvalue weighted by Gasteiger charge is 2.34. The third kappa shape index (κ3) is 4.09. The van der Waals surface area contributed by atoms with E-state index in [1.54, 1.807) is 30.5 Å². The molecule has 1 unspecified atom stereocenters. The summed E-state index contributed by atoms with van der Waals surface area (Å²) in [7, 11) is 0. The minimum Gasteiger partial charge on any atom is -0.606 e. The van der Waals surface area contributed by atoms with Crippen LogP contribution in [0.2, 0.25) is 5.02 Å². The molecule has 3 rings (SSSR count). The maximum absolute atomic E-state index is 12.9. The first-order chi connectivity index (χ1) is 11.8. The highest BCUT2D eigenvalue weighted by molar-refractivity contribution is 7.91. The van der Waals surface area contributed by atoms with Crippen LogP contribution in [-0.4, -0.2) is 14.5 Å². The van der Waals surface area contributed by atoms with Gasteiger partial charge < -0.3 is 14.9 Å². The number of alkyl halides is 3. The molecule has 130 valence electrons.